The third-order valence-corrected chi connectivity index (χ3v) is 3.31. The van der Waals surface area contributed by atoms with Crippen LogP contribution < -0.4 is 10.6 Å². The van der Waals surface area contributed by atoms with E-state index in [-0.39, 0.29) is 5.41 Å². The molecule has 0 unspecified atom stereocenters. The lowest BCUT2D eigenvalue weighted by Gasteiger charge is -2.28. The SMILES string of the molecule is Cc1c(N)cnc(N(C)CC(C)(C)C)c1Br. The molecule has 0 aliphatic rings. The number of hydrogen-bond donors (Lipinski definition) is 1. The van der Waals surface area contributed by atoms with Crippen LogP contribution in [0.25, 0.3) is 0 Å². The van der Waals surface area contributed by atoms with Crippen molar-refractivity contribution in [2.75, 3.05) is 24.2 Å². The van der Waals surface area contributed by atoms with E-state index in [1.807, 2.05) is 14.0 Å². The Morgan fingerprint density at radius 1 is 1.44 bits per heavy atom. The maximum absolute atomic E-state index is 5.81. The predicted octanol–water partition coefficient (Wildman–Crippen LogP) is 3.22. The second-order valence-electron chi connectivity index (χ2n) is 5.39. The van der Waals surface area contributed by atoms with Crippen molar-refractivity contribution >= 4 is 27.4 Å². The molecule has 1 rings (SSSR count). The van der Waals surface area contributed by atoms with Crippen molar-refractivity contribution in [3.63, 3.8) is 0 Å². The molecule has 0 bridgehead atoms. The second kappa shape index (κ2) is 4.62. The number of nitrogens with zero attached hydrogens (tertiary/aromatic N) is 2. The highest BCUT2D eigenvalue weighted by molar-refractivity contribution is 9.10. The molecule has 0 atom stereocenters. The van der Waals surface area contributed by atoms with Crippen LogP contribution in [0.15, 0.2) is 10.7 Å². The topological polar surface area (TPSA) is 42.1 Å². The Labute approximate surface area is 106 Å². The monoisotopic (exact) mass is 285 g/mol. The second-order valence-corrected chi connectivity index (χ2v) is 6.19. The molecule has 0 saturated carbocycles. The van der Waals surface area contributed by atoms with Gasteiger partial charge in [-0.15, -0.1) is 0 Å². The minimum atomic E-state index is 0.241. The summed E-state index contributed by atoms with van der Waals surface area (Å²) < 4.78 is 0.985. The molecule has 2 N–H and O–H groups in total. The summed E-state index contributed by atoms with van der Waals surface area (Å²) in [5.74, 6) is 0.946. The van der Waals surface area contributed by atoms with Crippen molar-refractivity contribution in [1.29, 1.82) is 0 Å². The van der Waals surface area contributed by atoms with E-state index in [9.17, 15) is 0 Å². The van der Waals surface area contributed by atoms with Gasteiger partial charge in [0.2, 0.25) is 0 Å². The summed E-state index contributed by atoms with van der Waals surface area (Å²) in [6.07, 6.45) is 1.72. The first kappa shape index (κ1) is 13.3. The van der Waals surface area contributed by atoms with Gasteiger partial charge in [0.05, 0.1) is 16.4 Å². The molecule has 1 aromatic heterocycles. The molecule has 0 fully saturated rings. The van der Waals surface area contributed by atoms with Crippen molar-refractivity contribution in [2.45, 2.75) is 27.7 Å². The summed E-state index contributed by atoms with van der Waals surface area (Å²) in [7, 11) is 2.05. The third kappa shape index (κ3) is 3.11. The molecule has 0 spiro atoms. The fourth-order valence-electron chi connectivity index (χ4n) is 1.63. The number of aromatic nitrogens is 1. The summed E-state index contributed by atoms with van der Waals surface area (Å²) in [6, 6.07) is 0. The van der Waals surface area contributed by atoms with E-state index in [2.05, 4.69) is 46.6 Å². The quantitative estimate of drug-likeness (QED) is 0.907. The van der Waals surface area contributed by atoms with Gasteiger partial charge in [0.25, 0.3) is 0 Å². The lowest BCUT2D eigenvalue weighted by molar-refractivity contribution is 0.417. The van der Waals surface area contributed by atoms with Crippen LogP contribution in [-0.4, -0.2) is 18.6 Å². The summed E-state index contributed by atoms with van der Waals surface area (Å²) >= 11 is 3.55. The molecule has 1 aromatic rings. The van der Waals surface area contributed by atoms with Gasteiger partial charge in [-0.25, -0.2) is 4.98 Å². The lowest BCUT2D eigenvalue weighted by atomic mass is 9.96. The van der Waals surface area contributed by atoms with Crippen LogP contribution in [0.1, 0.15) is 26.3 Å². The van der Waals surface area contributed by atoms with Crippen molar-refractivity contribution in [3.8, 4) is 0 Å². The Kier molecular flexibility index (Phi) is 3.84. The highest BCUT2D eigenvalue weighted by Gasteiger charge is 2.17. The Morgan fingerprint density at radius 3 is 2.50 bits per heavy atom. The molecule has 0 aromatic carbocycles. The van der Waals surface area contributed by atoms with E-state index in [1.165, 1.54) is 0 Å². The zero-order valence-corrected chi connectivity index (χ0v) is 12.2. The van der Waals surface area contributed by atoms with Gasteiger partial charge in [-0.05, 0) is 33.8 Å². The maximum atomic E-state index is 5.81. The van der Waals surface area contributed by atoms with Crippen molar-refractivity contribution in [2.24, 2.45) is 5.41 Å². The van der Waals surface area contributed by atoms with Crippen LogP contribution in [0.3, 0.4) is 0 Å². The van der Waals surface area contributed by atoms with E-state index in [0.29, 0.717) is 0 Å². The normalized spacial score (nSPS) is 11.6. The van der Waals surface area contributed by atoms with Gasteiger partial charge in [0.15, 0.2) is 0 Å². The van der Waals surface area contributed by atoms with E-state index >= 15 is 0 Å². The Hall–Kier alpha value is -0.770. The average Bonchev–Trinajstić information content (AvgIpc) is 2.11. The Balaban J connectivity index is 3.01. The summed E-state index contributed by atoms with van der Waals surface area (Å²) in [5, 5.41) is 0. The number of nitrogens with two attached hydrogens (primary N) is 1. The molecule has 0 radical (unpaired) electrons. The molecule has 90 valence electrons. The van der Waals surface area contributed by atoms with Crippen LogP contribution in [0.2, 0.25) is 0 Å². The molecule has 3 nitrogen and oxygen atoms in total. The number of hydrogen-bond acceptors (Lipinski definition) is 3. The minimum Gasteiger partial charge on any atom is -0.397 e. The molecule has 1 heterocycles. The number of halogens is 1. The molecule has 4 heteroatoms. The number of anilines is 2. The third-order valence-electron chi connectivity index (χ3n) is 2.36. The molecule has 0 saturated heterocycles. The fourth-order valence-corrected chi connectivity index (χ4v) is 2.27. The van der Waals surface area contributed by atoms with Gasteiger partial charge in [-0.1, -0.05) is 20.8 Å². The van der Waals surface area contributed by atoms with Gasteiger partial charge < -0.3 is 10.6 Å². The zero-order valence-electron chi connectivity index (χ0n) is 10.6. The predicted molar refractivity (Wildman–Crippen MR) is 73.8 cm³/mol. The smallest absolute Gasteiger partial charge is 0.143 e. The maximum Gasteiger partial charge on any atom is 0.143 e. The van der Waals surface area contributed by atoms with Gasteiger partial charge in [-0.3, -0.25) is 0 Å². The summed E-state index contributed by atoms with van der Waals surface area (Å²) in [5.41, 5.74) is 7.82. The van der Waals surface area contributed by atoms with E-state index in [1.54, 1.807) is 6.20 Å². The molecule has 0 amide bonds. The molecular formula is C12H20BrN3. The standard InChI is InChI=1S/C12H20BrN3/c1-8-9(14)6-15-11(10(8)13)16(5)7-12(2,3)4/h6H,7,14H2,1-5H3. The highest BCUT2D eigenvalue weighted by Crippen LogP contribution is 2.31. The molecular weight excluding hydrogens is 266 g/mol. The van der Waals surface area contributed by atoms with Gasteiger partial charge in [0.1, 0.15) is 5.82 Å². The van der Waals surface area contributed by atoms with E-state index in [4.69, 9.17) is 5.73 Å². The summed E-state index contributed by atoms with van der Waals surface area (Å²) in [6.45, 7) is 9.57. The van der Waals surface area contributed by atoms with Crippen LogP contribution in [-0.2, 0) is 0 Å². The average molecular weight is 286 g/mol. The molecule has 0 aliphatic heterocycles. The van der Waals surface area contributed by atoms with Gasteiger partial charge in [-0.2, -0.15) is 0 Å². The van der Waals surface area contributed by atoms with E-state index in [0.717, 1.165) is 28.1 Å². The molecule has 0 aliphatic carbocycles. The first-order valence-corrected chi connectivity index (χ1v) is 6.13. The van der Waals surface area contributed by atoms with Crippen LogP contribution >= 0.6 is 15.9 Å². The van der Waals surface area contributed by atoms with Gasteiger partial charge in [0, 0.05) is 13.6 Å². The van der Waals surface area contributed by atoms with Gasteiger partial charge >= 0.3 is 0 Å². The number of nitrogen functional groups attached to an aromatic ring is 1. The fraction of sp³-hybridized carbons (Fsp3) is 0.583. The molecule has 16 heavy (non-hydrogen) atoms. The Morgan fingerprint density at radius 2 is 2.00 bits per heavy atom. The lowest BCUT2D eigenvalue weighted by Crippen LogP contribution is -2.30. The minimum absolute atomic E-state index is 0.241. The number of pyridine rings is 1. The van der Waals surface area contributed by atoms with Crippen molar-refractivity contribution in [1.82, 2.24) is 4.98 Å². The summed E-state index contributed by atoms with van der Waals surface area (Å²) in [4.78, 5) is 6.53. The Bertz CT molecular complexity index is 383. The highest BCUT2D eigenvalue weighted by atomic mass is 79.9. The number of rotatable bonds is 2. The van der Waals surface area contributed by atoms with Crippen LogP contribution in [0.5, 0.6) is 0 Å². The van der Waals surface area contributed by atoms with Crippen molar-refractivity contribution in [3.05, 3.63) is 16.2 Å². The first-order chi connectivity index (χ1) is 7.22. The van der Waals surface area contributed by atoms with Crippen molar-refractivity contribution < 1.29 is 0 Å². The first-order valence-electron chi connectivity index (χ1n) is 5.34. The van der Waals surface area contributed by atoms with E-state index < -0.39 is 0 Å². The van der Waals surface area contributed by atoms with Crippen LogP contribution in [0, 0.1) is 12.3 Å². The van der Waals surface area contributed by atoms with Crippen LogP contribution in [0.4, 0.5) is 11.5 Å². The zero-order chi connectivity index (χ0) is 12.5. The largest absolute Gasteiger partial charge is 0.397 e.